The molecular formula is C14H20N4S. The fourth-order valence-corrected chi connectivity index (χ4v) is 2.46. The molecule has 1 aromatic carbocycles. The van der Waals surface area contributed by atoms with Crippen LogP contribution in [0.2, 0.25) is 0 Å². The molecule has 0 aliphatic rings. The van der Waals surface area contributed by atoms with Crippen LogP contribution in [0.3, 0.4) is 0 Å². The van der Waals surface area contributed by atoms with Gasteiger partial charge in [-0.15, -0.1) is 5.10 Å². The maximum Gasteiger partial charge on any atom is 0.0941 e. The quantitative estimate of drug-likeness (QED) is 0.665. The number of benzene rings is 1. The van der Waals surface area contributed by atoms with E-state index in [1.54, 1.807) is 0 Å². The van der Waals surface area contributed by atoms with Gasteiger partial charge in [0.25, 0.3) is 0 Å². The molecule has 5 heteroatoms. The minimum Gasteiger partial charge on any atom is -0.271 e. The first-order valence-corrected chi connectivity index (χ1v) is 7.17. The normalized spacial score (nSPS) is 13.5. The van der Waals surface area contributed by atoms with Crippen LogP contribution in [0.5, 0.6) is 0 Å². The predicted molar refractivity (Wildman–Crippen MR) is 78.8 cm³/mol. The summed E-state index contributed by atoms with van der Waals surface area (Å²) in [5.74, 6) is 5.60. The number of nitrogens with one attached hydrogen (secondary N) is 1. The lowest BCUT2D eigenvalue weighted by atomic mass is 9.86. The molecule has 1 heterocycles. The first-order valence-electron chi connectivity index (χ1n) is 6.33. The van der Waals surface area contributed by atoms with Crippen molar-refractivity contribution in [3.8, 4) is 0 Å². The number of hydrazine groups is 1. The smallest absolute Gasteiger partial charge is 0.0941 e. The van der Waals surface area contributed by atoms with Crippen molar-refractivity contribution in [3.63, 3.8) is 0 Å². The predicted octanol–water partition coefficient (Wildman–Crippen LogP) is 2.58. The molecule has 0 spiro atoms. The Morgan fingerprint density at radius 1 is 1.26 bits per heavy atom. The van der Waals surface area contributed by atoms with Gasteiger partial charge >= 0.3 is 0 Å². The van der Waals surface area contributed by atoms with Crippen molar-refractivity contribution in [2.75, 3.05) is 0 Å². The lowest BCUT2D eigenvalue weighted by Gasteiger charge is -2.20. The fourth-order valence-electron chi connectivity index (χ4n) is 1.95. The van der Waals surface area contributed by atoms with Gasteiger partial charge in [0.1, 0.15) is 0 Å². The van der Waals surface area contributed by atoms with Gasteiger partial charge in [0.05, 0.1) is 11.7 Å². The molecular weight excluding hydrogens is 256 g/mol. The van der Waals surface area contributed by atoms with Crippen LogP contribution in [0.25, 0.3) is 0 Å². The molecule has 0 aliphatic carbocycles. The summed E-state index contributed by atoms with van der Waals surface area (Å²) in [6.07, 6.45) is 0.812. The Morgan fingerprint density at radius 2 is 1.95 bits per heavy atom. The van der Waals surface area contributed by atoms with E-state index in [9.17, 15) is 0 Å². The highest BCUT2D eigenvalue weighted by Gasteiger charge is 2.15. The molecule has 0 aliphatic heterocycles. The van der Waals surface area contributed by atoms with E-state index in [-0.39, 0.29) is 11.5 Å². The van der Waals surface area contributed by atoms with E-state index in [0.29, 0.717) is 0 Å². The highest BCUT2D eigenvalue weighted by molar-refractivity contribution is 7.03. The standard InChI is InChI=1S/C14H20N4S/c1-14(2,3)11-6-4-10(5-7-11)8-12(16-15)13-9-19-18-17-13/h4-7,9,12,16H,8,15H2,1-3H3. The molecule has 19 heavy (non-hydrogen) atoms. The third-order valence-electron chi connectivity index (χ3n) is 3.19. The number of nitrogens with zero attached hydrogens (tertiary/aromatic N) is 2. The average molecular weight is 276 g/mol. The van der Waals surface area contributed by atoms with Crippen LogP contribution in [0.15, 0.2) is 29.6 Å². The van der Waals surface area contributed by atoms with Crippen LogP contribution in [0, 0.1) is 0 Å². The molecule has 1 unspecified atom stereocenters. The number of hydrogen-bond donors (Lipinski definition) is 2. The van der Waals surface area contributed by atoms with Gasteiger partial charge in [0.15, 0.2) is 0 Å². The fraction of sp³-hybridized carbons (Fsp3) is 0.429. The maximum absolute atomic E-state index is 5.60. The average Bonchev–Trinajstić information content (AvgIpc) is 2.89. The second kappa shape index (κ2) is 5.77. The summed E-state index contributed by atoms with van der Waals surface area (Å²) in [6.45, 7) is 6.65. The van der Waals surface area contributed by atoms with E-state index in [4.69, 9.17) is 5.84 Å². The lowest BCUT2D eigenvalue weighted by Crippen LogP contribution is -2.29. The summed E-state index contributed by atoms with van der Waals surface area (Å²) in [5, 5.41) is 5.99. The van der Waals surface area contributed by atoms with Crippen molar-refractivity contribution in [3.05, 3.63) is 46.5 Å². The summed E-state index contributed by atoms with van der Waals surface area (Å²) in [4.78, 5) is 0. The molecule has 0 bridgehead atoms. The minimum absolute atomic E-state index is 0.0132. The van der Waals surface area contributed by atoms with Crippen LogP contribution in [0.4, 0.5) is 0 Å². The van der Waals surface area contributed by atoms with Gasteiger partial charge in [0.2, 0.25) is 0 Å². The largest absolute Gasteiger partial charge is 0.271 e. The zero-order chi connectivity index (χ0) is 13.9. The maximum atomic E-state index is 5.60. The summed E-state index contributed by atoms with van der Waals surface area (Å²) < 4.78 is 3.88. The van der Waals surface area contributed by atoms with E-state index in [2.05, 4.69) is 60.0 Å². The number of aromatic nitrogens is 2. The summed E-state index contributed by atoms with van der Waals surface area (Å²) in [6, 6.07) is 8.69. The van der Waals surface area contributed by atoms with Crippen molar-refractivity contribution in [1.29, 1.82) is 0 Å². The van der Waals surface area contributed by atoms with Gasteiger partial charge < -0.3 is 0 Å². The number of rotatable bonds is 4. The topological polar surface area (TPSA) is 63.8 Å². The first-order chi connectivity index (χ1) is 9.00. The van der Waals surface area contributed by atoms with E-state index >= 15 is 0 Å². The number of hydrogen-bond acceptors (Lipinski definition) is 5. The van der Waals surface area contributed by atoms with Crippen molar-refractivity contribution < 1.29 is 0 Å². The van der Waals surface area contributed by atoms with Crippen LogP contribution in [-0.4, -0.2) is 9.59 Å². The van der Waals surface area contributed by atoms with Crippen LogP contribution >= 0.6 is 11.5 Å². The Bertz CT molecular complexity index is 499. The second-order valence-corrected chi connectivity index (χ2v) is 6.31. The van der Waals surface area contributed by atoms with Gasteiger partial charge in [-0.05, 0) is 34.5 Å². The molecule has 0 saturated carbocycles. The molecule has 2 rings (SSSR count). The third kappa shape index (κ3) is 3.59. The monoisotopic (exact) mass is 276 g/mol. The zero-order valence-corrected chi connectivity index (χ0v) is 12.4. The summed E-state index contributed by atoms with van der Waals surface area (Å²) in [5.41, 5.74) is 6.46. The van der Waals surface area contributed by atoms with Crippen molar-refractivity contribution >= 4 is 11.5 Å². The van der Waals surface area contributed by atoms with E-state index in [1.165, 1.54) is 22.7 Å². The van der Waals surface area contributed by atoms with E-state index in [1.807, 2.05) is 5.38 Å². The number of nitrogens with two attached hydrogens (primary N) is 1. The Kier molecular flexibility index (Phi) is 4.29. The molecule has 0 saturated heterocycles. The van der Waals surface area contributed by atoms with Gasteiger partial charge in [-0.25, -0.2) is 0 Å². The van der Waals surface area contributed by atoms with Crippen molar-refractivity contribution in [2.45, 2.75) is 38.6 Å². The Labute approximate surface area is 118 Å². The molecule has 2 aromatic rings. The minimum atomic E-state index is 0.0132. The molecule has 1 atom stereocenters. The Hall–Kier alpha value is -1.30. The summed E-state index contributed by atoms with van der Waals surface area (Å²) in [7, 11) is 0. The third-order valence-corrected chi connectivity index (χ3v) is 3.72. The van der Waals surface area contributed by atoms with E-state index in [0.717, 1.165) is 12.1 Å². The molecule has 3 N–H and O–H groups in total. The highest BCUT2D eigenvalue weighted by atomic mass is 32.1. The second-order valence-electron chi connectivity index (χ2n) is 5.70. The molecule has 1 aromatic heterocycles. The van der Waals surface area contributed by atoms with Crippen molar-refractivity contribution in [1.82, 2.24) is 15.0 Å². The lowest BCUT2D eigenvalue weighted by molar-refractivity contribution is 0.536. The van der Waals surface area contributed by atoms with Crippen LogP contribution in [0.1, 0.15) is 43.6 Å². The summed E-state index contributed by atoms with van der Waals surface area (Å²) >= 11 is 1.34. The highest BCUT2D eigenvalue weighted by Crippen LogP contribution is 2.23. The first kappa shape index (κ1) is 14.1. The van der Waals surface area contributed by atoms with Gasteiger partial charge in [-0.1, -0.05) is 49.5 Å². The van der Waals surface area contributed by atoms with Gasteiger partial charge in [-0.3, -0.25) is 11.3 Å². The molecule has 0 fully saturated rings. The Balaban J connectivity index is 2.11. The van der Waals surface area contributed by atoms with Crippen LogP contribution < -0.4 is 11.3 Å². The zero-order valence-electron chi connectivity index (χ0n) is 11.6. The van der Waals surface area contributed by atoms with Gasteiger partial charge in [-0.2, -0.15) is 0 Å². The SMILES string of the molecule is CC(C)(C)c1ccc(CC(NN)c2csnn2)cc1. The molecule has 4 nitrogen and oxygen atoms in total. The molecule has 0 radical (unpaired) electrons. The van der Waals surface area contributed by atoms with Gasteiger partial charge in [0, 0.05) is 5.38 Å². The molecule has 0 amide bonds. The molecule has 102 valence electrons. The van der Waals surface area contributed by atoms with Crippen LogP contribution in [-0.2, 0) is 11.8 Å². The Morgan fingerprint density at radius 3 is 2.42 bits per heavy atom. The van der Waals surface area contributed by atoms with Crippen molar-refractivity contribution in [2.24, 2.45) is 5.84 Å². The van der Waals surface area contributed by atoms with E-state index < -0.39 is 0 Å².